The molecule has 2 heterocycles. The topological polar surface area (TPSA) is 58.6 Å². The highest BCUT2D eigenvalue weighted by Gasteiger charge is 2.14. The highest BCUT2D eigenvalue weighted by molar-refractivity contribution is 6.30. The maximum absolute atomic E-state index is 6.97. The molecule has 7 heteroatoms. The van der Waals surface area contributed by atoms with Crippen molar-refractivity contribution in [2.24, 2.45) is 0 Å². The molecule has 37 heavy (non-hydrogen) atoms. The first kappa shape index (κ1) is 24.6. The second-order valence-corrected chi connectivity index (χ2v) is 9.46. The normalized spacial score (nSPS) is 11.2. The number of ether oxygens (including phenoxy) is 1. The second kappa shape index (κ2) is 11.3. The molecule has 0 aliphatic carbocycles. The molecule has 0 fully saturated rings. The average molecular weight is 511 g/mol. The van der Waals surface area contributed by atoms with E-state index in [1.807, 2.05) is 73.8 Å². The summed E-state index contributed by atoms with van der Waals surface area (Å²) in [6.45, 7) is 9.48. The number of halogens is 1. The molecule has 0 spiro atoms. The monoisotopic (exact) mass is 510 g/mol. The molecule has 186 valence electrons. The van der Waals surface area contributed by atoms with Gasteiger partial charge in [0.2, 0.25) is 6.54 Å². The molecule has 0 amide bonds. The molecule has 5 rings (SSSR count). The van der Waals surface area contributed by atoms with Gasteiger partial charge in [-0.05, 0) is 60.6 Å². The highest BCUT2D eigenvalue weighted by atomic mass is 35.5. The number of hydrogen-bond acceptors (Lipinski definition) is 4. The lowest BCUT2D eigenvalue weighted by molar-refractivity contribution is 0.303. The third-order valence-corrected chi connectivity index (χ3v) is 6.35. The summed E-state index contributed by atoms with van der Waals surface area (Å²) in [6.07, 6.45) is 0.548. The van der Waals surface area contributed by atoms with E-state index >= 15 is 0 Å². The molecule has 3 aromatic carbocycles. The molecule has 2 aromatic heterocycles. The van der Waals surface area contributed by atoms with Gasteiger partial charge in [0.1, 0.15) is 18.1 Å². The molecule has 0 bridgehead atoms. The van der Waals surface area contributed by atoms with Gasteiger partial charge in [0.15, 0.2) is 11.6 Å². The SMILES string of the molecule is [C-]#[N+]CCN(C)Cc1ccc2nc(-c3ccc(Cc4cc(Cl)ccc4OCc4ccccc4)o3)[nH]c2c1. The Kier molecular flexibility index (Phi) is 7.55. The predicted octanol–water partition coefficient (Wildman–Crippen LogP) is 7.00. The maximum Gasteiger partial charge on any atom is 0.227 e. The van der Waals surface area contributed by atoms with Gasteiger partial charge in [-0.15, -0.1) is 0 Å². The van der Waals surface area contributed by atoms with Gasteiger partial charge in [-0.1, -0.05) is 48.0 Å². The van der Waals surface area contributed by atoms with Crippen LogP contribution >= 0.6 is 11.6 Å². The third kappa shape index (κ3) is 6.21. The first-order valence-corrected chi connectivity index (χ1v) is 12.5. The summed E-state index contributed by atoms with van der Waals surface area (Å²) < 4.78 is 12.3. The predicted molar refractivity (Wildman–Crippen MR) is 147 cm³/mol. The fourth-order valence-electron chi connectivity index (χ4n) is 4.23. The van der Waals surface area contributed by atoms with Crippen molar-refractivity contribution in [3.8, 4) is 17.3 Å². The van der Waals surface area contributed by atoms with E-state index in [1.54, 1.807) is 0 Å². The molecule has 5 aromatic rings. The van der Waals surface area contributed by atoms with Gasteiger partial charge in [-0.3, -0.25) is 4.90 Å². The van der Waals surface area contributed by atoms with E-state index < -0.39 is 0 Å². The van der Waals surface area contributed by atoms with Gasteiger partial charge >= 0.3 is 0 Å². The summed E-state index contributed by atoms with van der Waals surface area (Å²) in [5.74, 6) is 2.94. The van der Waals surface area contributed by atoms with Crippen LogP contribution in [0, 0.1) is 6.57 Å². The Morgan fingerprint density at radius 2 is 1.89 bits per heavy atom. The van der Waals surface area contributed by atoms with E-state index in [4.69, 9.17) is 32.3 Å². The van der Waals surface area contributed by atoms with Gasteiger partial charge in [0, 0.05) is 23.6 Å². The summed E-state index contributed by atoms with van der Waals surface area (Å²) in [4.78, 5) is 13.7. The number of H-pyrrole nitrogens is 1. The zero-order chi connectivity index (χ0) is 25.6. The van der Waals surface area contributed by atoms with E-state index in [-0.39, 0.29) is 0 Å². The molecule has 0 aliphatic heterocycles. The van der Waals surface area contributed by atoms with Crippen molar-refractivity contribution < 1.29 is 9.15 Å². The molecule has 1 N–H and O–H groups in total. The fourth-order valence-corrected chi connectivity index (χ4v) is 4.43. The van der Waals surface area contributed by atoms with Crippen molar-refractivity contribution in [1.82, 2.24) is 14.9 Å². The summed E-state index contributed by atoms with van der Waals surface area (Å²) in [5, 5.41) is 0.654. The Morgan fingerprint density at radius 3 is 2.73 bits per heavy atom. The van der Waals surface area contributed by atoms with Crippen LogP contribution in [0.3, 0.4) is 0 Å². The number of fused-ring (bicyclic) bond motifs is 1. The Morgan fingerprint density at radius 1 is 1.03 bits per heavy atom. The summed E-state index contributed by atoms with van der Waals surface area (Å²) in [7, 11) is 2.02. The first-order chi connectivity index (χ1) is 18.1. The van der Waals surface area contributed by atoms with Crippen LogP contribution in [0.15, 0.2) is 83.3 Å². The van der Waals surface area contributed by atoms with Gasteiger partial charge in [0.25, 0.3) is 0 Å². The van der Waals surface area contributed by atoms with Gasteiger partial charge in [-0.25, -0.2) is 11.6 Å². The van der Waals surface area contributed by atoms with E-state index in [9.17, 15) is 0 Å². The van der Waals surface area contributed by atoms with Crippen molar-refractivity contribution in [2.75, 3.05) is 20.1 Å². The van der Waals surface area contributed by atoms with E-state index in [1.165, 1.54) is 5.56 Å². The molecule has 6 nitrogen and oxygen atoms in total. The van der Waals surface area contributed by atoms with Crippen molar-refractivity contribution in [3.05, 3.63) is 118 Å². The molecule has 0 unspecified atom stereocenters. The van der Waals surface area contributed by atoms with E-state index in [2.05, 4.69) is 26.9 Å². The molecule has 0 atom stereocenters. The lowest BCUT2D eigenvalue weighted by Gasteiger charge is -2.13. The van der Waals surface area contributed by atoms with Crippen LogP contribution in [0.5, 0.6) is 5.75 Å². The maximum atomic E-state index is 6.97. The minimum atomic E-state index is 0.481. The van der Waals surface area contributed by atoms with Gasteiger partial charge < -0.3 is 19.0 Å². The van der Waals surface area contributed by atoms with Crippen LogP contribution in [-0.4, -0.2) is 35.0 Å². The first-order valence-electron chi connectivity index (χ1n) is 12.1. The number of furan rings is 1. The Labute approximate surface area is 221 Å². The molecule has 0 saturated carbocycles. The number of nitrogens with zero attached hydrogens (tertiary/aromatic N) is 3. The van der Waals surface area contributed by atoms with Gasteiger partial charge in [0.05, 0.1) is 17.6 Å². The number of hydrogen-bond donors (Lipinski definition) is 1. The average Bonchev–Trinajstić information content (AvgIpc) is 3.54. The summed E-state index contributed by atoms with van der Waals surface area (Å²) >= 11 is 6.30. The summed E-state index contributed by atoms with van der Waals surface area (Å²) in [5.41, 5.74) is 5.06. The lowest BCUT2D eigenvalue weighted by Crippen LogP contribution is -2.20. The van der Waals surface area contributed by atoms with Crippen LogP contribution in [-0.2, 0) is 19.6 Å². The minimum absolute atomic E-state index is 0.481. The minimum Gasteiger partial charge on any atom is -0.489 e. The molecular weight excluding hydrogens is 484 g/mol. The Hall–Kier alpha value is -4.05. The number of aromatic amines is 1. The number of aromatic nitrogens is 2. The summed E-state index contributed by atoms with van der Waals surface area (Å²) in [6, 6.07) is 25.8. The van der Waals surface area contributed by atoms with Crippen molar-refractivity contribution >= 4 is 22.6 Å². The van der Waals surface area contributed by atoms with E-state index in [0.717, 1.165) is 46.8 Å². The number of imidazole rings is 1. The third-order valence-electron chi connectivity index (χ3n) is 6.11. The quantitative estimate of drug-likeness (QED) is 0.205. The van der Waals surface area contributed by atoms with Crippen molar-refractivity contribution in [1.29, 1.82) is 0 Å². The number of rotatable bonds is 10. The Bertz CT molecular complexity index is 1530. The zero-order valence-electron chi connectivity index (χ0n) is 20.6. The smallest absolute Gasteiger partial charge is 0.227 e. The van der Waals surface area contributed by atoms with Crippen molar-refractivity contribution in [2.45, 2.75) is 19.6 Å². The largest absolute Gasteiger partial charge is 0.489 e. The second-order valence-electron chi connectivity index (χ2n) is 9.03. The standard InChI is InChI=1S/C30H27ClN4O2/c1-32-14-15-35(2)19-22-8-11-26-27(16-22)34-30(33-26)29-13-10-25(37-29)18-23-17-24(31)9-12-28(23)36-20-21-6-4-3-5-7-21/h3-13,16-17H,14-15,18-20H2,2H3,(H,33,34). The zero-order valence-corrected chi connectivity index (χ0v) is 21.3. The van der Waals surface area contributed by atoms with Gasteiger partial charge in [-0.2, -0.15) is 0 Å². The van der Waals surface area contributed by atoms with Crippen LogP contribution in [0.1, 0.15) is 22.5 Å². The number of benzene rings is 3. The fraction of sp³-hybridized carbons (Fsp3) is 0.200. The number of nitrogens with one attached hydrogen (secondary N) is 1. The lowest BCUT2D eigenvalue weighted by atomic mass is 10.1. The number of likely N-dealkylation sites (N-methyl/N-ethyl adjacent to an activating group) is 1. The highest BCUT2D eigenvalue weighted by Crippen LogP contribution is 2.29. The Balaban J connectivity index is 1.31. The van der Waals surface area contributed by atoms with Crippen molar-refractivity contribution in [3.63, 3.8) is 0 Å². The van der Waals surface area contributed by atoms with Crippen LogP contribution < -0.4 is 4.74 Å². The molecule has 0 aliphatic rings. The van der Waals surface area contributed by atoms with E-state index in [0.29, 0.717) is 36.2 Å². The van der Waals surface area contributed by atoms with Crippen LogP contribution in [0.2, 0.25) is 5.02 Å². The molecule has 0 radical (unpaired) electrons. The molecule has 0 saturated heterocycles. The molecular formula is C30H27ClN4O2. The van der Waals surface area contributed by atoms with Crippen LogP contribution in [0.25, 0.3) is 27.5 Å². The van der Waals surface area contributed by atoms with Crippen LogP contribution in [0.4, 0.5) is 0 Å².